The van der Waals surface area contributed by atoms with Crippen LogP contribution in [-0.2, 0) is 10.0 Å². The van der Waals surface area contributed by atoms with Crippen LogP contribution in [0.4, 0.5) is 11.4 Å². The molecule has 0 amide bonds. The number of nitrogen functional groups attached to an aromatic ring is 1. The van der Waals surface area contributed by atoms with Crippen LogP contribution in [0.5, 0.6) is 0 Å². The first-order valence-electron chi connectivity index (χ1n) is 6.18. The SMILES string of the molecule is Nc1ccc(NC2(CO)CCCC2)c(S(N)(=O)=O)c1. The van der Waals surface area contributed by atoms with Crippen LogP contribution >= 0.6 is 0 Å². The van der Waals surface area contributed by atoms with Crippen LogP contribution in [0.2, 0.25) is 0 Å². The molecule has 0 atom stereocenters. The van der Waals surface area contributed by atoms with Gasteiger partial charge in [-0.25, -0.2) is 13.6 Å². The van der Waals surface area contributed by atoms with Gasteiger partial charge in [0.15, 0.2) is 0 Å². The van der Waals surface area contributed by atoms with E-state index >= 15 is 0 Å². The Morgan fingerprint density at radius 3 is 2.47 bits per heavy atom. The molecular formula is C12H19N3O3S. The molecule has 106 valence electrons. The van der Waals surface area contributed by atoms with Crippen molar-refractivity contribution in [1.29, 1.82) is 0 Å². The van der Waals surface area contributed by atoms with Crippen molar-refractivity contribution in [3.05, 3.63) is 18.2 Å². The van der Waals surface area contributed by atoms with Crippen molar-refractivity contribution < 1.29 is 13.5 Å². The highest BCUT2D eigenvalue weighted by molar-refractivity contribution is 7.89. The van der Waals surface area contributed by atoms with E-state index in [0.29, 0.717) is 11.4 Å². The lowest BCUT2D eigenvalue weighted by atomic mass is 9.98. The molecule has 1 aliphatic carbocycles. The molecule has 0 bridgehead atoms. The first kappa shape index (κ1) is 14.1. The molecule has 0 heterocycles. The topological polar surface area (TPSA) is 118 Å². The summed E-state index contributed by atoms with van der Waals surface area (Å²) in [4.78, 5) is -0.0350. The van der Waals surface area contributed by atoms with Gasteiger partial charge in [0, 0.05) is 5.69 Å². The fourth-order valence-electron chi connectivity index (χ4n) is 2.54. The number of sulfonamides is 1. The minimum Gasteiger partial charge on any atom is -0.399 e. The minimum absolute atomic E-state index is 0.0350. The van der Waals surface area contributed by atoms with Gasteiger partial charge in [-0.15, -0.1) is 0 Å². The summed E-state index contributed by atoms with van der Waals surface area (Å²) >= 11 is 0. The van der Waals surface area contributed by atoms with E-state index in [9.17, 15) is 13.5 Å². The Morgan fingerprint density at radius 2 is 1.95 bits per heavy atom. The quantitative estimate of drug-likeness (QED) is 0.605. The molecule has 1 aromatic carbocycles. The summed E-state index contributed by atoms with van der Waals surface area (Å²) in [5.74, 6) is 0. The molecule has 0 spiro atoms. The molecule has 0 saturated heterocycles. The van der Waals surface area contributed by atoms with Crippen molar-refractivity contribution in [3.8, 4) is 0 Å². The maximum absolute atomic E-state index is 11.6. The maximum atomic E-state index is 11.6. The van der Waals surface area contributed by atoms with Gasteiger partial charge in [-0.1, -0.05) is 12.8 Å². The lowest BCUT2D eigenvalue weighted by Crippen LogP contribution is -2.39. The number of benzene rings is 1. The number of hydrogen-bond acceptors (Lipinski definition) is 5. The smallest absolute Gasteiger partial charge is 0.240 e. The molecule has 1 aliphatic rings. The highest BCUT2D eigenvalue weighted by atomic mass is 32.2. The van der Waals surface area contributed by atoms with Crippen LogP contribution in [0.1, 0.15) is 25.7 Å². The Kier molecular flexibility index (Phi) is 3.71. The Hall–Kier alpha value is -1.31. The molecule has 0 aliphatic heterocycles. The Morgan fingerprint density at radius 1 is 1.32 bits per heavy atom. The van der Waals surface area contributed by atoms with Gasteiger partial charge in [-0.2, -0.15) is 0 Å². The number of primary sulfonamides is 1. The molecule has 1 fully saturated rings. The van der Waals surface area contributed by atoms with Crippen molar-refractivity contribution in [1.82, 2.24) is 0 Å². The second-order valence-electron chi connectivity index (χ2n) is 5.07. The van der Waals surface area contributed by atoms with Crippen LogP contribution in [0.25, 0.3) is 0 Å². The van der Waals surface area contributed by atoms with E-state index in [-0.39, 0.29) is 11.5 Å². The molecule has 6 N–H and O–H groups in total. The van der Waals surface area contributed by atoms with Crippen molar-refractivity contribution in [2.24, 2.45) is 5.14 Å². The summed E-state index contributed by atoms with van der Waals surface area (Å²) in [6, 6.07) is 4.53. The predicted octanol–water partition coefficient (Wildman–Crippen LogP) is 0.633. The highest BCUT2D eigenvalue weighted by Gasteiger charge is 2.34. The molecule has 0 unspecified atom stereocenters. The van der Waals surface area contributed by atoms with Crippen LogP contribution < -0.4 is 16.2 Å². The summed E-state index contributed by atoms with van der Waals surface area (Å²) in [6.45, 7) is -0.0402. The van der Waals surface area contributed by atoms with E-state index in [1.54, 1.807) is 12.1 Å². The number of hydrogen-bond donors (Lipinski definition) is 4. The maximum Gasteiger partial charge on any atom is 0.240 e. The zero-order valence-electron chi connectivity index (χ0n) is 10.6. The second-order valence-corrected chi connectivity index (χ2v) is 6.60. The first-order valence-corrected chi connectivity index (χ1v) is 7.72. The van der Waals surface area contributed by atoms with Crippen LogP contribution in [0.15, 0.2) is 23.1 Å². The normalized spacial score (nSPS) is 18.4. The van der Waals surface area contributed by atoms with Crippen LogP contribution in [0.3, 0.4) is 0 Å². The lowest BCUT2D eigenvalue weighted by molar-refractivity contribution is 0.214. The monoisotopic (exact) mass is 285 g/mol. The fourth-order valence-corrected chi connectivity index (χ4v) is 3.26. The van der Waals surface area contributed by atoms with Crippen molar-refractivity contribution >= 4 is 21.4 Å². The van der Waals surface area contributed by atoms with E-state index in [4.69, 9.17) is 10.9 Å². The summed E-state index contributed by atoms with van der Waals surface area (Å²) in [6.07, 6.45) is 3.62. The molecular weight excluding hydrogens is 266 g/mol. The van der Waals surface area contributed by atoms with E-state index in [0.717, 1.165) is 25.7 Å². The molecule has 19 heavy (non-hydrogen) atoms. The largest absolute Gasteiger partial charge is 0.399 e. The molecule has 1 saturated carbocycles. The summed E-state index contributed by atoms with van der Waals surface area (Å²) < 4.78 is 23.2. The minimum atomic E-state index is -3.86. The number of nitrogens with one attached hydrogen (secondary N) is 1. The Balaban J connectivity index is 2.40. The second kappa shape index (κ2) is 4.99. The zero-order chi connectivity index (χ0) is 14.1. The predicted molar refractivity (Wildman–Crippen MR) is 74.1 cm³/mol. The molecule has 1 aromatic rings. The number of aliphatic hydroxyl groups excluding tert-OH is 1. The average Bonchev–Trinajstić information content (AvgIpc) is 2.79. The van der Waals surface area contributed by atoms with E-state index in [1.807, 2.05) is 0 Å². The van der Waals surface area contributed by atoms with Crippen LogP contribution in [0, 0.1) is 0 Å². The van der Waals surface area contributed by atoms with Crippen molar-refractivity contribution in [3.63, 3.8) is 0 Å². The van der Waals surface area contributed by atoms with E-state index < -0.39 is 15.6 Å². The number of nitrogens with two attached hydrogens (primary N) is 2. The van der Waals surface area contributed by atoms with Gasteiger partial charge in [-0.05, 0) is 31.0 Å². The molecule has 6 nitrogen and oxygen atoms in total. The third-order valence-electron chi connectivity index (χ3n) is 3.58. The third-order valence-corrected chi connectivity index (χ3v) is 4.53. The molecule has 0 radical (unpaired) electrons. The summed E-state index contributed by atoms with van der Waals surface area (Å²) in [7, 11) is -3.86. The van der Waals surface area contributed by atoms with Gasteiger partial charge in [0.25, 0.3) is 0 Å². The number of rotatable bonds is 4. The lowest BCUT2D eigenvalue weighted by Gasteiger charge is -2.30. The van der Waals surface area contributed by atoms with Gasteiger partial charge in [-0.3, -0.25) is 0 Å². The Labute approximate surface area is 112 Å². The van der Waals surface area contributed by atoms with E-state index in [2.05, 4.69) is 5.32 Å². The van der Waals surface area contributed by atoms with Gasteiger partial charge in [0.05, 0.1) is 17.8 Å². The highest BCUT2D eigenvalue weighted by Crippen LogP contribution is 2.35. The number of anilines is 2. The van der Waals surface area contributed by atoms with Crippen LogP contribution in [-0.4, -0.2) is 25.7 Å². The van der Waals surface area contributed by atoms with Crippen molar-refractivity contribution in [2.75, 3.05) is 17.7 Å². The van der Waals surface area contributed by atoms with Gasteiger partial charge in [0.1, 0.15) is 4.90 Å². The Bertz CT molecular complexity index is 566. The fraction of sp³-hybridized carbons (Fsp3) is 0.500. The first-order chi connectivity index (χ1) is 8.86. The third kappa shape index (κ3) is 2.99. The molecule has 7 heteroatoms. The summed E-state index contributed by atoms with van der Waals surface area (Å²) in [5.41, 5.74) is 5.87. The van der Waals surface area contributed by atoms with E-state index in [1.165, 1.54) is 6.07 Å². The summed E-state index contributed by atoms with van der Waals surface area (Å²) in [5, 5.41) is 17.9. The zero-order valence-corrected chi connectivity index (χ0v) is 11.4. The standard InChI is InChI=1S/C12H19N3O3S/c13-9-3-4-10(11(7-9)19(14,17)18)15-12(8-16)5-1-2-6-12/h3-4,7,15-16H,1-2,5-6,8,13H2,(H2,14,17,18). The molecule has 2 rings (SSSR count). The van der Waals surface area contributed by atoms with Gasteiger partial charge >= 0.3 is 0 Å². The molecule has 0 aromatic heterocycles. The van der Waals surface area contributed by atoms with Gasteiger partial charge in [0.2, 0.25) is 10.0 Å². The number of aliphatic hydroxyl groups is 1. The van der Waals surface area contributed by atoms with Crippen molar-refractivity contribution in [2.45, 2.75) is 36.1 Å². The van der Waals surface area contributed by atoms with Gasteiger partial charge < -0.3 is 16.2 Å². The average molecular weight is 285 g/mol.